The molecule has 3 aromatic carbocycles. The number of thiol groups is 1. The van der Waals surface area contributed by atoms with Gasteiger partial charge in [0.25, 0.3) is 5.91 Å². The molecule has 13 heteroatoms. The smallest absolute Gasteiger partial charge is 0.307 e. The summed E-state index contributed by atoms with van der Waals surface area (Å²) in [5, 5.41) is 6.06. The number of rotatable bonds is 11. The Labute approximate surface area is 237 Å². The molecule has 208 valence electrons. The molecule has 0 spiro atoms. The first-order valence-electron chi connectivity index (χ1n) is 12.2. The molecule has 0 saturated carbocycles. The van der Waals surface area contributed by atoms with Crippen molar-refractivity contribution in [1.29, 1.82) is 0 Å². The van der Waals surface area contributed by atoms with E-state index in [1.807, 2.05) is 0 Å². The molecule has 0 unspecified atom stereocenters. The molecule has 4 rings (SSSR count). The SMILES string of the molecule is CCOC(=O)CCNC(=O)c1cccc(N(c2nc3ccccc3nc2Nc2cc(OC)ccc2Cl)[SH](=O)=O)c1. The van der Waals surface area contributed by atoms with Gasteiger partial charge >= 0.3 is 5.97 Å². The molecule has 0 fully saturated rings. The molecule has 0 bridgehead atoms. The van der Waals surface area contributed by atoms with Crippen molar-refractivity contribution in [3.63, 3.8) is 0 Å². The number of carbonyl (C=O) groups excluding carboxylic acids is 2. The van der Waals surface area contributed by atoms with Gasteiger partial charge in [0.2, 0.25) is 10.9 Å². The molecule has 2 N–H and O–H groups in total. The van der Waals surface area contributed by atoms with Crippen LogP contribution in [0.3, 0.4) is 0 Å². The lowest BCUT2D eigenvalue weighted by Gasteiger charge is -2.21. The van der Waals surface area contributed by atoms with E-state index in [1.54, 1.807) is 55.5 Å². The number of carbonyl (C=O) groups is 2. The number of amides is 1. The highest BCUT2D eigenvalue weighted by Gasteiger charge is 2.22. The van der Waals surface area contributed by atoms with Crippen LogP contribution in [0.25, 0.3) is 11.0 Å². The lowest BCUT2D eigenvalue weighted by atomic mass is 10.2. The third-order valence-electron chi connectivity index (χ3n) is 5.62. The summed E-state index contributed by atoms with van der Waals surface area (Å²) in [5.74, 6) is -0.322. The Morgan fingerprint density at radius 2 is 1.75 bits per heavy atom. The van der Waals surface area contributed by atoms with Crippen LogP contribution in [0.1, 0.15) is 23.7 Å². The monoisotopic (exact) mass is 583 g/mol. The second-order valence-electron chi connectivity index (χ2n) is 8.27. The van der Waals surface area contributed by atoms with Gasteiger partial charge in [-0.2, -0.15) is 0 Å². The van der Waals surface area contributed by atoms with Crippen LogP contribution in [0.5, 0.6) is 5.75 Å². The van der Waals surface area contributed by atoms with Crippen molar-refractivity contribution in [2.24, 2.45) is 0 Å². The maximum atomic E-state index is 12.7. The van der Waals surface area contributed by atoms with Gasteiger partial charge in [0, 0.05) is 18.2 Å². The molecule has 0 aliphatic carbocycles. The van der Waals surface area contributed by atoms with E-state index in [2.05, 4.69) is 20.6 Å². The van der Waals surface area contributed by atoms with Gasteiger partial charge < -0.3 is 20.1 Å². The summed E-state index contributed by atoms with van der Waals surface area (Å²) in [7, 11) is -1.78. The molecular weight excluding hydrogens is 558 g/mol. The number of halogens is 1. The highest BCUT2D eigenvalue weighted by atomic mass is 35.5. The van der Waals surface area contributed by atoms with Crippen molar-refractivity contribution in [2.75, 3.05) is 29.9 Å². The van der Waals surface area contributed by atoms with Gasteiger partial charge in [-0.15, -0.1) is 0 Å². The minimum absolute atomic E-state index is 0.00631. The van der Waals surface area contributed by atoms with E-state index >= 15 is 0 Å². The predicted octanol–water partition coefficient (Wildman–Crippen LogP) is 4.38. The zero-order chi connectivity index (χ0) is 28.6. The van der Waals surface area contributed by atoms with Crippen molar-refractivity contribution in [2.45, 2.75) is 13.3 Å². The summed E-state index contributed by atoms with van der Waals surface area (Å²) in [5.41, 5.74) is 1.72. The fraction of sp³-hybridized carbons (Fsp3) is 0.185. The molecule has 11 nitrogen and oxygen atoms in total. The number of para-hydroxylation sites is 2. The number of hydrogen-bond acceptors (Lipinski definition) is 9. The average Bonchev–Trinajstić information content (AvgIpc) is 2.94. The van der Waals surface area contributed by atoms with Crippen LogP contribution in [0, 0.1) is 0 Å². The second kappa shape index (κ2) is 13.1. The standard InChI is InChI=1S/C27H26ClN5O6S/c1-3-39-24(34)13-14-29-27(35)17-7-6-8-18(15-17)33(40(36)37)26-25(30-21-9-4-5-10-22(21)32-26)31-23-16-19(38-2)11-12-20(23)28/h4-12,15-16,40H,3,13-14H2,1-2H3,(H,29,35)(H,30,31). The molecule has 1 amide bonds. The van der Waals surface area contributed by atoms with E-state index in [0.717, 1.165) is 4.31 Å². The fourth-order valence-electron chi connectivity index (χ4n) is 3.76. The van der Waals surface area contributed by atoms with Crippen LogP contribution in [0.4, 0.5) is 23.0 Å². The second-order valence-corrected chi connectivity index (χ2v) is 9.55. The van der Waals surface area contributed by atoms with E-state index in [0.29, 0.717) is 27.5 Å². The quantitative estimate of drug-likeness (QED) is 0.173. The van der Waals surface area contributed by atoms with Crippen LogP contribution in [-0.2, 0) is 20.4 Å². The number of esters is 1. The van der Waals surface area contributed by atoms with Gasteiger partial charge in [-0.3, -0.25) is 9.59 Å². The molecule has 1 aromatic heterocycles. The molecule has 0 aliphatic heterocycles. The van der Waals surface area contributed by atoms with Gasteiger partial charge in [0.05, 0.1) is 47.6 Å². The Bertz CT molecular complexity index is 1620. The Morgan fingerprint density at radius 1 is 1.00 bits per heavy atom. The number of hydrogen-bond donors (Lipinski definition) is 3. The Kier molecular flexibility index (Phi) is 9.35. The number of ether oxygens (including phenoxy) is 2. The fourth-order valence-corrected chi connectivity index (χ4v) is 4.53. The number of anilines is 4. The van der Waals surface area contributed by atoms with Crippen molar-refractivity contribution in [3.8, 4) is 5.75 Å². The predicted molar refractivity (Wildman–Crippen MR) is 153 cm³/mol. The van der Waals surface area contributed by atoms with Gasteiger partial charge in [0.1, 0.15) is 5.75 Å². The molecule has 0 atom stereocenters. The largest absolute Gasteiger partial charge is 0.497 e. The number of methoxy groups -OCH3 is 1. The van der Waals surface area contributed by atoms with Crippen LogP contribution >= 0.6 is 11.6 Å². The minimum atomic E-state index is -3.29. The van der Waals surface area contributed by atoms with E-state index in [9.17, 15) is 18.0 Å². The molecule has 4 aromatic rings. The van der Waals surface area contributed by atoms with Gasteiger partial charge in [-0.25, -0.2) is 22.7 Å². The lowest BCUT2D eigenvalue weighted by Crippen LogP contribution is -2.27. The first-order chi connectivity index (χ1) is 19.3. The molecule has 0 aliphatic rings. The van der Waals surface area contributed by atoms with Crippen LogP contribution < -0.4 is 19.7 Å². The van der Waals surface area contributed by atoms with Crippen LogP contribution in [0.15, 0.2) is 66.7 Å². The van der Waals surface area contributed by atoms with Gasteiger partial charge in [-0.05, 0) is 49.4 Å². The first-order valence-corrected chi connectivity index (χ1v) is 13.7. The summed E-state index contributed by atoms with van der Waals surface area (Å²) in [6, 6.07) is 18.0. The molecule has 0 radical (unpaired) electrons. The molecule has 0 saturated heterocycles. The lowest BCUT2D eigenvalue weighted by molar-refractivity contribution is -0.142. The van der Waals surface area contributed by atoms with E-state index < -0.39 is 22.8 Å². The molecular formula is C27H26ClN5O6S. The Balaban J connectivity index is 1.73. The van der Waals surface area contributed by atoms with Gasteiger partial charge in [0.15, 0.2) is 11.6 Å². The van der Waals surface area contributed by atoms with Crippen molar-refractivity contribution >= 4 is 68.4 Å². The number of aromatic nitrogens is 2. The highest BCUT2D eigenvalue weighted by molar-refractivity contribution is 7.74. The van der Waals surface area contributed by atoms with Crippen LogP contribution in [0.2, 0.25) is 5.02 Å². The van der Waals surface area contributed by atoms with E-state index in [4.69, 9.17) is 21.1 Å². The number of fused-ring (bicyclic) bond motifs is 1. The normalized spacial score (nSPS) is 10.8. The zero-order valence-electron chi connectivity index (χ0n) is 21.6. The van der Waals surface area contributed by atoms with Crippen molar-refractivity contribution < 1.29 is 27.5 Å². The maximum absolute atomic E-state index is 12.7. The summed E-state index contributed by atoms with van der Waals surface area (Å²) in [6.45, 7) is 2.00. The molecule has 40 heavy (non-hydrogen) atoms. The third kappa shape index (κ3) is 6.77. The summed E-state index contributed by atoms with van der Waals surface area (Å²) >= 11 is 6.39. The van der Waals surface area contributed by atoms with E-state index in [1.165, 1.54) is 25.3 Å². The topological polar surface area (TPSA) is 140 Å². The van der Waals surface area contributed by atoms with Gasteiger partial charge in [-0.1, -0.05) is 29.8 Å². The highest BCUT2D eigenvalue weighted by Crippen LogP contribution is 2.36. The Morgan fingerprint density at radius 3 is 2.45 bits per heavy atom. The van der Waals surface area contributed by atoms with Crippen LogP contribution in [-0.4, -0.2) is 50.5 Å². The summed E-state index contributed by atoms with van der Waals surface area (Å²) in [6.07, 6.45) is 0.00631. The molecule has 1 heterocycles. The van der Waals surface area contributed by atoms with E-state index in [-0.39, 0.29) is 42.5 Å². The summed E-state index contributed by atoms with van der Waals surface area (Å²) in [4.78, 5) is 33.5. The summed E-state index contributed by atoms with van der Waals surface area (Å²) < 4.78 is 36.4. The number of nitrogens with one attached hydrogen (secondary N) is 2. The average molecular weight is 584 g/mol. The Hall–Kier alpha value is -4.42. The zero-order valence-corrected chi connectivity index (χ0v) is 23.2. The minimum Gasteiger partial charge on any atom is -0.497 e. The van der Waals surface area contributed by atoms with Crippen molar-refractivity contribution in [1.82, 2.24) is 15.3 Å². The van der Waals surface area contributed by atoms with Crippen molar-refractivity contribution in [3.05, 3.63) is 77.3 Å². The number of benzene rings is 3. The first kappa shape index (κ1) is 28.6. The maximum Gasteiger partial charge on any atom is 0.307 e. The third-order valence-corrected chi connectivity index (χ3v) is 6.69. The number of nitrogens with zero attached hydrogens (tertiary/aromatic N) is 3.